The van der Waals surface area contributed by atoms with Crippen LogP contribution in [0.1, 0.15) is 35.5 Å². The summed E-state index contributed by atoms with van der Waals surface area (Å²) in [7, 11) is 0. The Labute approximate surface area is 373 Å². The number of phenols is 1. The summed E-state index contributed by atoms with van der Waals surface area (Å²) in [5.74, 6) is 4.95. The molecule has 4 aromatic rings. The minimum absolute atomic E-state index is 0. The molecule has 2 unspecified atom stereocenters. The van der Waals surface area contributed by atoms with Gasteiger partial charge in [-0.25, -0.2) is 0 Å². The average molecular weight is 913 g/mol. The molecule has 214 valence electrons. The smallest absolute Gasteiger partial charge is 1.00 e. The summed E-state index contributed by atoms with van der Waals surface area (Å²) in [4.78, 5) is 11.2. The van der Waals surface area contributed by atoms with Crippen LogP contribution in [0.15, 0.2) is 78.6 Å². The Hall–Kier alpha value is 0.993. The first kappa shape index (κ1) is 38.4. The Kier molecular flexibility index (Phi) is 15.6. The van der Waals surface area contributed by atoms with Crippen LogP contribution >= 0.6 is 75.3 Å². The zero-order valence-electron chi connectivity index (χ0n) is 23.7. The summed E-state index contributed by atoms with van der Waals surface area (Å²) in [5, 5.41) is 18.6. The van der Waals surface area contributed by atoms with Gasteiger partial charge in [0.1, 0.15) is 34.5 Å². The van der Waals surface area contributed by atoms with E-state index in [0.717, 1.165) is 52.0 Å². The molecule has 0 bridgehead atoms. The van der Waals surface area contributed by atoms with E-state index >= 15 is 0 Å². The maximum atomic E-state index is 10.2. The Morgan fingerprint density at radius 1 is 0.814 bits per heavy atom. The van der Waals surface area contributed by atoms with Gasteiger partial charge in [0.25, 0.3) is 6.47 Å². The van der Waals surface area contributed by atoms with Crippen molar-refractivity contribution in [2.75, 3.05) is 12.5 Å². The molecule has 0 aliphatic carbocycles. The first-order valence-electron chi connectivity index (χ1n) is 12.0. The second kappa shape index (κ2) is 17.4. The van der Waals surface area contributed by atoms with Crippen LogP contribution in [0.4, 0.5) is 0 Å². The van der Waals surface area contributed by atoms with E-state index in [9.17, 15) is 5.11 Å². The monoisotopic (exact) mass is 908 g/mol. The second-order valence-corrected chi connectivity index (χ2v) is 13.0. The Bertz CT molecular complexity index is 1650. The maximum Gasteiger partial charge on any atom is 1.00 e. The molecule has 3 heterocycles. The number of ether oxygens (including phenoxy) is 3. The fourth-order valence-electron chi connectivity index (χ4n) is 4.95. The predicted molar refractivity (Wildman–Crippen MR) is 167 cm³/mol. The van der Waals surface area contributed by atoms with Crippen LogP contribution in [-0.4, -0.2) is 24.1 Å². The summed E-state index contributed by atoms with van der Waals surface area (Å²) in [6.07, 6.45) is 0. The summed E-state index contributed by atoms with van der Waals surface area (Å²) in [6.45, 7) is 0.506. The summed E-state index contributed by atoms with van der Waals surface area (Å²) in [6, 6.07) is 19.4. The molecule has 0 spiro atoms. The second-order valence-electron chi connectivity index (χ2n) is 8.98. The van der Waals surface area contributed by atoms with Gasteiger partial charge < -0.3 is 30.9 Å². The van der Waals surface area contributed by atoms with Gasteiger partial charge in [0, 0.05) is 51.9 Å². The number of benzene rings is 4. The van der Waals surface area contributed by atoms with Crippen molar-refractivity contribution in [3.63, 3.8) is 0 Å². The molecule has 0 radical (unpaired) electrons. The quantitative estimate of drug-likeness (QED) is 0.109. The zero-order valence-corrected chi connectivity index (χ0v) is 36.1. The number of hydrogen-bond acceptors (Lipinski definition) is 7. The topological polar surface area (TPSA) is 97.3 Å². The van der Waals surface area contributed by atoms with Crippen molar-refractivity contribution in [3.8, 4) is 34.5 Å². The molecule has 0 saturated carbocycles. The van der Waals surface area contributed by atoms with Crippen LogP contribution in [-0.2, 0) is 9.68 Å². The molecule has 2 atom stereocenters. The van der Waals surface area contributed by atoms with E-state index in [0.29, 0.717) is 18.2 Å². The molecule has 0 amide bonds. The molecule has 7 rings (SSSR count). The molecule has 3 aliphatic rings. The fraction of sp³-hybridized carbons (Fsp3) is 0.138. The largest absolute Gasteiger partial charge is 1.00 e. The van der Waals surface area contributed by atoms with Crippen LogP contribution in [0, 0.1) is 0 Å². The normalized spacial score (nSPS) is 15.6. The van der Waals surface area contributed by atoms with Gasteiger partial charge in [-0.3, -0.25) is 4.79 Å². The van der Waals surface area contributed by atoms with Crippen LogP contribution in [0.3, 0.4) is 0 Å². The number of phenolic OH excluding ortho intramolecular Hbond substituents is 1. The van der Waals surface area contributed by atoms with Crippen LogP contribution in [0.25, 0.3) is 0 Å². The van der Waals surface area contributed by atoms with Crippen molar-refractivity contribution < 1.29 is 138 Å². The first-order valence-corrected chi connectivity index (χ1v) is 15.7. The first-order chi connectivity index (χ1) is 19.7. The molecule has 0 fully saturated rings. The van der Waals surface area contributed by atoms with Crippen molar-refractivity contribution >= 4 is 81.8 Å². The molecule has 1 N–H and O–H groups in total. The van der Waals surface area contributed by atoms with Crippen LogP contribution in [0.5, 0.6) is 34.5 Å². The van der Waals surface area contributed by atoms with Crippen LogP contribution < -0.4 is 122 Å². The van der Waals surface area contributed by atoms with Gasteiger partial charge in [-0.05, 0) is 60.7 Å². The maximum absolute atomic E-state index is 10.2. The number of rotatable bonds is 2. The third-order valence-corrected chi connectivity index (χ3v) is 8.80. The van der Waals surface area contributed by atoms with E-state index in [1.54, 1.807) is 6.07 Å². The fourth-order valence-corrected chi connectivity index (χ4v) is 6.87. The van der Waals surface area contributed by atoms with Crippen molar-refractivity contribution in [1.29, 1.82) is 0 Å². The number of carbonyl (C=O) groups excluding carboxylic acids is 1. The van der Waals surface area contributed by atoms with E-state index in [1.807, 2.05) is 48.5 Å². The van der Waals surface area contributed by atoms with Crippen molar-refractivity contribution in [3.05, 3.63) is 101 Å². The molecule has 4 aromatic carbocycles. The van der Waals surface area contributed by atoms with Gasteiger partial charge in [-0.2, -0.15) is 0 Å². The molecular weight excluding hydrogens is 894 g/mol. The summed E-state index contributed by atoms with van der Waals surface area (Å²) in [5.41, 5.74) is 4.08. The van der Waals surface area contributed by atoms with E-state index in [2.05, 4.69) is 74.7 Å². The molecule has 3 aliphatic heterocycles. The minimum atomic E-state index is -0.181. The number of halogens is 5. The third kappa shape index (κ3) is 8.73. The number of alkyl halides is 1. The standard InChI is InChI=1S/C14H9Br2ClO2.C14H8Br2O2.CH2O3.2K.H/c15-7-1-2-12-9(3-7)10(6-17)14-11(18)4-8(16)5-13(14)19-12;15-7-1-2-11-9(3-7)10-6-17-12-4-8(16)5-13(18-11)14(10)12;2-1-4-3;;;/h1-5,10,18H,6H2;1-5,10H,6H2;1,3H;;;/q;;;2*+1;-1/p-1. The van der Waals surface area contributed by atoms with Crippen molar-refractivity contribution in [1.82, 2.24) is 0 Å². The molecule has 43 heavy (non-hydrogen) atoms. The number of carbonyl (C=O) groups is 1. The molecular formula is C29H19Br4ClK2O7. The Morgan fingerprint density at radius 2 is 1.33 bits per heavy atom. The van der Waals surface area contributed by atoms with Gasteiger partial charge >= 0.3 is 103 Å². The third-order valence-electron chi connectivity index (χ3n) is 6.58. The summed E-state index contributed by atoms with van der Waals surface area (Å²) < 4.78 is 21.4. The van der Waals surface area contributed by atoms with E-state index in [1.165, 1.54) is 11.1 Å². The minimum Gasteiger partial charge on any atom is -1.00 e. The average Bonchev–Trinajstić information content (AvgIpc) is 3.37. The zero-order chi connectivity index (χ0) is 29.3. The van der Waals surface area contributed by atoms with E-state index in [-0.39, 0.29) is 128 Å². The molecule has 0 saturated heterocycles. The van der Waals surface area contributed by atoms with Gasteiger partial charge in [-0.1, -0.05) is 63.7 Å². The summed E-state index contributed by atoms with van der Waals surface area (Å²) >= 11 is 19.9. The number of hydrogen-bond donors (Lipinski definition) is 1. The van der Waals surface area contributed by atoms with Crippen LogP contribution in [0.2, 0.25) is 0 Å². The van der Waals surface area contributed by atoms with Gasteiger partial charge in [-0.15, -0.1) is 11.6 Å². The molecule has 14 heteroatoms. The van der Waals surface area contributed by atoms with E-state index < -0.39 is 0 Å². The van der Waals surface area contributed by atoms with Gasteiger partial charge in [0.15, 0.2) is 0 Å². The molecule has 7 nitrogen and oxygen atoms in total. The Morgan fingerprint density at radius 3 is 1.91 bits per heavy atom. The van der Waals surface area contributed by atoms with E-state index in [4.69, 9.17) is 35.9 Å². The van der Waals surface area contributed by atoms with Gasteiger partial charge in [0.2, 0.25) is 0 Å². The predicted octanol–water partition coefficient (Wildman–Crippen LogP) is 2.79. The SMILES string of the molecule is Brc1cc2c3c(c1)Oc1ccc(Br)cc1C3CO2.O=CO[O-].Oc1cc(Br)cc2c1C(CCl)c1cc(Br)ccc1O2.[H-].[K+].[K+]. The van der Waals surface area contributed by atoms with Crippen molar-refractivity contribution in [2.24, 2.45) is 0 Å². The molecule has 0 aromatic heterocycles. The number of aromatic hydroxyl groups is 1. The Balaban J connectivity index is 0.000000258. The van der Waals surface area contributed by atoms with Gasteiger partial charge in [0.05, 0.1) is 12.5 Å². The number of fused-ring (bicyclic) bond motifs is 4. The van der Waals surface area contributed by atoms with Crippen molar-refractivity contribution in [2.45, 2.75) is 11.8 Å².